The summed E-state index contributed by atoms with van der Waals surface area (Å²) in [5, 5.41) is 0. The molecular formula is C8H11F3O3S. The molecule has 0 heterocycles. The first-order valence-corrected chi connectivity index (χ1v) is 4.59. The molecule has 0 fully saturated rings. The van der Waals surface area contributed by atoms with Gasteiger partial charge in [-0.15, -0.1) is 12.6 Å². The van der Waals surface area contributed by atoms with E-state index in [1.807, 2.05) is 0 Å². The molecule has 0 aromatic carbocycles. The molecular weight excluding hydrogens is 233 g/mol. The van der Waals surface area contributed by atoms with Crippen molar-refractivity contribution in [1.29, 1.82) is 0 Å². The fourth-order valence-electron chi connectivity index (χ4n) is 0.748. The van der Waals surface area contributed by atoms with Gasteiger partial charge in [-0.05, 0) is 6.92 Å². The van der Waals surface area contributed by atoms with Crippen molar-refractivity contribution >= 4 is 24.4 Å². The third-order valence-electron chi connectivity index (χ3n) is 1.33. The second-order valence-corrected chi connectivity index (χ2v) is 3.59. The lowest BCUT2D eigenvalue weighted by Gasteiger charge is -2.17. The second-order valence-electron chi connectivity index (χ2n) is 3.02. The molecule has 3 nitrogen and oxygen atoms in total. The number of ether oxygens (including phenoxy) is 1. The first-order chi connectivity index (χ1) is 6.76. The zero-order chi connectivity index (χ0) is 12.1. The van der Waals surface area contributed by atoms with Crippen LogP contribution in [0.15, 0.2) is 0 Å². The van der Waals surface area contributed by atoms with E-state index >= 15 is 0 Å². The van der Waals surface area contributed by atoms with E-state index in [2.05, 4.69) is 17.4 Å². The number of carbonyl (C=O) groups is 2. The molecule has 0 aromatic heterocycles. The number of Topliss-reactive ketones (excluding diaryl/α,β-unsaturated/α-hetero) is 1. The van der Waals surface area contributed by atoms with Crippen LogP contribution in [0.5, 0.6) is 0 Å². The van der Waals surface area contributed by atoms with Crippen LogP contribution in [0, 0.1) is 0 Å². The lowest BCUT2D eigenvalue weighted by Crippen LogP contribution is -2.27. The molecule has 0 saturated heterocycles. The van der Waals surface area contributed by atoms with Crippen molar-refractivity contribution in [1.82, 2.24) is 0 Å². The Morgan fingerprint density at radius 3 is 2.40 bits per heavy atom. The Morgan fingerprint density at radius 1 is 1.47 bits per heavy atom. The topological polar surface area (TPSA) is 43.4 Å². The highest BCUT2D eigenvalue weighted by molar-refractivity contribution is 7.80. The van der Waals surface area contributed by atoms with Crippen LogP contribution in [0.2, 0.25) is 0 Å². The van der Waals surface area contributed by atoms with Gasteiger partial charge < -0.3 is 4.74 Å². The number of carbonyl (C=O) groups excluding carboxylic acids is 2. The van der Waals surface area contributed by atoms with Gasteiger partial charge in [-0.1, -0.05) is 0 Å². The molecule has 15 heavy (non-hydrogen) atoms. The normalized spacial score (nSPS) is 13.4. The van der Waals surface area contributed by atoms with Crippen LogP contribution in [-0.4, -0.2) is 29.8 Å². The van der Waals surface area contributed by atoms with Crippen molar-refractivity contribution in [3.63, 3.8) is 0 Å². The number of ketones is 1. The summed E-state index contributed by atoms with van der Waals surface area (Å²) in [6.07, 6.45) is -1.52. The van der Waals surface area contributed by atoms with E-state index in [1.165, 1.54) is 0 Å². The Kier molecular flexibility index (Phi) is 5.71. The average Bonchev–Trinajstić information content (AvgIpc) is 2.00. The third kappa shape index (κ3) is 7.24. The number of thiol groups is 1. The summed E-state index contributed by atoms with van der Waals surface area (Å²) < 4.78 is 40.9. The van der Waals surface area contributed by atoms with E-state index in [4.69, 9.17) is 0 Å². The molecule has 0 amide bonds. The van der Waals surface area contributed by atoms with Crippen LogP contribution in [0.1, 0.15) is 19.8 Å². The fourth-order valence-corrected chi connectivity index (χ4v) is 1.13. The van der Waals surface area contributed by atoms with Crippen LogP contribution in [0.4, 0.5) is 13.2 Å². The quantitative estimate of drug-likeness (QED) is 0.335. The van der Waals surface area contributed by atoms with Gasteiger partial charge >= 0.3 is 5.97 Å². The molecule has 0 aromatic rings. The molecule has 0 rings (SSSR count). The van der Waals surface area contributed by atoms with Gasteiger partial charge in [-0.2, -0.15) is 0 Å². The summed E-state index contributed by atoms with van der Waals surface area (Å²) in [4.78, 5) is 21.3. The van der Waals surface area contributed by atoms with Crippen LogP contribution in [0.3, 0.4) is 0 Å². The van der Waals surface area contributed by atoms with E-state index in [1.54, 1.807) is 0 Å². The van der Waals surface area contributed by atoms with Crippen LogP contribution < -0.4 is 0 Å². The van der Waals surface area contributed by atoms with Gasteiger partial charge in [0.2, 0.25) is 0 Å². The molecule has 0 aliphatic heterocycles. The molecule has 1 atom stereocenters. The Balaban J connectivity index is 3.98. The summed E-state index contributed by atoms with van der Waals surface area (Å²) in [6, 6.07) is 0. The SMILES string of the molecule is CC(=O)CC(=O)OC(S)CC(F)(F)CF. The minimum Gasteiger partial charge on any atom is -0.451 e. The van der Waals surface area contributed by atoms with Crippen molar-refractivity contribution < 1.29 is 27.5 Å². The van der Waals surface area contributed by atoms with Gasteiger partial charge in [-0.25, -0.2) is 13.2 Å². The predicted octanol–water partition coefficient (Wildman–Crippen LogP) is 1.76. The number of hydrogen-bond acceptors (Lipinski definition) is 4. The van der Waals surface area contributed by atoms with Crippen molar-refractivity contribution in [3.05, 3.63) is 0 Å². The van der Waals surface area contributed by atoms with Gasteiger partial charge in [0.25, 0.3) is 5.92 Å². The molecule has 0 radical (unpaired) electrons. The first kappa shape index (κ1) is 14.3. The standard InChI is InChI=1S/C8H11F3O3S/c1-5(12)2-6(13)14-7(15)3-8(10,11)4-9/h7,15H,2-4H2,1H3. The number of esters is 1. The van der Waals surface area contributed by atoms with Crippen LogP contribution in [-0.2, 0) is 14.3 Å². The third-order valence-corrected chi connectivity index (χ3v) is 1.62. The number of alkyl halides is 3. The smallest absolute Gasteiger partial charge is 0.314 e. The lowest BCUT2D eigenvalue weighted by atomic mass is 10.2. The van der Waals surface area contributed by atoms with Crippen molar-refractivity contribution in [3.8, 4) is 0 Å². The van der Waals surface area contributed by atoms with Gasteiger partial charge in [-0.3, -0.25) is 9.59 Å². The molecule has 0 saturated carbocycles. The predicted molar refractivity (Wildman–Crippen MR) is 49.7 cm³/mol. The largest absolute Gasteiger partial charge is 0.451 e. The monoisotopic (exact) mass is 244 g/mol. The maximum Gasteiger partial charge on any atom is 0.314 e. The van der Waals surface area contributed by atoms with Gasteiger partial charge in [0.15, 0.2) is 12.1 Å². The van der Waals surface area contributed by atoms with Crippen molar-refractivity contribution in [2.45, 2.75) is 31.1 Å². The molecule has 7 heteroatoms. The first-order valence-electron chi connectivity index (χ1n) is 4.07. The summed E-state index contributed by atoms with van der Waals surface area (Å²) in [6.45, 7) is -0.681. The van der Waals surface area contributed by atoms with E-state index in [0.29, 0.717) is 0 Å². The molecule has 0 N–H and O–H groups in total. The van der Waals surface area contributed by atoms with Gasteiger partial charge in [0.1, 0.15) is 12.2 Å². The molecule has 1 unspecified atom stereocenters. The lowest BCUT2D eigenvalue weighted by molar-refractivity contribution is -0.149. The van der Waals surface area contributed by atoms with Crippen LogP contribution in [0.25, 0.3) is 0 Å². The number of halogens is 3. The van der Waals surface area contributed by atoms with E-state index in [0.717, 1.165) is 6.92 Å². The van der Waals surface area contributed by atoms with E-state index < -0.39 is 42.6 Å². The maximum absolute atomic E-state index is 12.4. The van der Waals surface area contributed by atoms with Crippen molar-refractivity contribution in [2.75, 3.05) is 6.67 Å². The van der Waals surface area contributed by atoms with E-state index in [-0.39, 0.29) is 0 Å². The Labute approximate surface area is 90.4 Å². The Morgan fingerprint density at radius 2 is 2.00 bits per heavy atom. The summed E-state index contributed by atoms with van der Waals surface area (Å²) in [5.41, 5.74) is -1.41. The summed E-state index contributed by atoms with van der Waals surface area (Å²) in [7, 11) is 0. The molecule has 0 aliphatic carbocycles. The average molecular weight is 244 g/mol. The van der Waals surface area contributed by atoms with Crippen LogP contribution >= 0.6 is 12.6 Å². The maximum atomic E-state index is 12.4. The second kappa shape index (κ2) is 5.99. The van der Waals surface area contributed by atoms with Crippen molar-refractivity contribution in [2.24, 2.45) is 0 Å². The zero-order valence-electron chi connectivity index (χ0n) is 8.00. The Hall–Kier alpha value is -0.720. The fraction of sp³-hybridized carbons (Fsp3) is 0.750. The van der Waals surface area contributed by atoms with Gasteiger partial charge in [0, 0.05) is 0 Å². The summed E-state index contributed by atoms with van der Waals surface area (Å²) >= 11 is 3.54. The molecule has 88 valence electrons. The highest BCUT2D eigenvalue weighted by Crippen LogP contribution is 2.24. The van der Waals surface area contributed by atoms with Gasteiger partial charge in [0.05, 0.1) is 6.42 Å². The summed E-state index contributed by atoms with van der Waals surface area (Å²) in [5.74, 6) is -4.96. The molecule has 0 aliphatic rings. The zero-order valence-corrected chi connectivity index (χ0v) is 8.90. The highest BCUT2D eigenvalue weighted by Gasteiger charge is 2.33. The number of rotatable bonds is 6. The minimum absolute atomic E-state index is 0.446. The minimum atomic E-state index is -3.57. The molecule has 0 spiro atoms. The Bertz CT molecular complexity index is 245. The highest BCUT2D eigenvalue weighted by atomic mass is 32.1. The number of hydrogen-bond donors (Lipinski definition) is 1. The van der Waals surface area contributed by atoms with E-state index in [9.17, 15) is 22.8 Å². The molecule has 0 bridgehead atoms.